The van der Waals surface area contributed by atoms with Crippen LogP contribution in [0.2, 0.25) is 0 Å². The van der Waals surface area contributed by atoms with Crippen LogP contribution in [-0.4, -0.2) is 55.9 Å². The molecule has 3 aliphatic heterocycles. The molecule has 5 rings (SSSR count). The maximum Gasteiger partial charge on any atom is 0.331 e. The number of nitrogens with zero attached hydrogens (tertiary/aromatic N) is 3. The smallest absolute Gasteiger partial charge is 0.331 e. The number of anilines is 1. The second kappa shape index (κ2) is 7.91. The molecular weight excluding hydrogens is 426 g/mol. The largest absolute Gasteiger partial charge is 0.497 e. The quantitative estimate of drug-likeness (QED) is 0.510. The summed E-state index contributed by atoms with van der Waals surface area (Å²) in [5.74, 6) is -2.33. The van der Waals surface area contributed by atoms with E-state index >= 15 is 0 Å². The van der Waals surface area contributed by atoms with Gasteiger partial charge in [0.1, 0.15) is 11.5 Å². The Morgan fingerprint density at radius 1 is 1.03 bits per heavy atom. The number of esters is 1. The highest BCUT2D eigenvalue weighted by atomic mass is 16.5. The summed E-state index contributed by atoms with van der Waals surface area (Å²) in [7, 11) is 2.98. The third kappa shape index (κ3) is 2.99. The standard InChI is InChI=1S/C24H23N3O6/c1-4-33-24(30)21-19-18(20-15-8-6-5-7-13(15)12-25-27(20)21)22(28)26(23(19)29)16-10-9-14(31-2)11-17(16)32-3/h5-12,18-21H,4H2,1-3H3/t18-,19-,20-,21+/m0/s1. The lowest BCUT2D eigenvalue weighted by atomic mass is 9.85. The number of benzene rings is 2. The zero-order chi connectivity index (χ0) is 23.3. The van der Waals surface area contributed by atoms with Crippen LogP contribution >= 0.6 is 0 Å². The summed E-state index contributed by atoms with van der Waals surface area (Å²) < 4.78 is 16.0. The van der Waals surface area contributed by atoms with Crippen molar-refractivity contribution >= 4 is 29.7 Å². The highest BCUT2D eigenvalue weighted by molar-refractivity contribution is 6.24. The maximum atomic E-state index is 13.8. The zero-order valence-corrected chi connectivity index (χ0v) is 18.4. The molecule has 0 radical (unpaired) electrons. The first-order chi connectivity index (χ1) is 16.0. The van der Waals surface area contributed by atoms with Crippen LogP contribution in [0.15, 0.2) is 47.6 Å². The van der Waals surface area contributed by atoms with Crippen molar-refractivity contribution in [1.29, 1.82) is 0 Å². The summed E-state index contributed by atoms with van der Waals surface area (Å²) >= 11 is 0. The van der Waals surface area contributed by atoms with Crippen LogP contribution in [0.4, 0.5) is 5.69 Å². The number of ether oxygens (including phenoxy) is 3. The van der Waals surface area contributed by atoms with Crippen LogP contribution in [0.5, 0.6) is 11.5 Å². The van der Waals surface area contributed by atoms with E-state index in [1.807, 2.05) is 24.3 Å². The van der Waals surface area contributed by atoms with Crippen molar-refractivity contribution in [2.45, 2.75) is 19.0 Å². The van der Waals surface area contributed by atoms with Crippen LogP contribution in [0.1, 0.15) is 24.1 Å². The molecule has 3 heterocycles. The van der Waals surface area contributed by atoms with Crippen molar-refractivity contribution in [3.63, 3.8) is 0 Å². The van der Waals surface area contributed by atoms with Crippen LogP contribution in [0.25, 0.3) is 0 Å². The number of amides is 2. The Kier molecular flexibility index (Phi) is 5.03. The summed E-state index contributed by atoms with van der Waals surface area (Å²) in [5, 5.41) is 6.03. The number of hydrazone groups is 1. The van der Waals surface area contributed by atoms with Crippen molar-refractivity contribution in [2.24, 2.45) is 16.9 Å². The zero-order valence-electron chi connectivity index (χ0n) is 18.4. The minimum absolute atomic E-state index is 0.156. The number of fused-ring (bicyclic) bond motifs is 5. The van der Waals surface area contributed by atoms with Gasteiger partial charge in [-0.15, -0.1) is 0 Å². The van der Waals surface area contributed by atoms with Crippen molar-refractivity contribution < 1.29 is 28.6 Å². The molecule has 33 heavy (non-hydrogen) atoms. The summed E-state index contributed by atoms with van der Waals surface area (Å²) in [4.78, 5) is 41.6. The third-order valence-electron chi connectivity index (χ3n) is 6.45. The Balaban J connectivity index is 1.63. The highest BCUT2D eigenvalue weighted by Crippen LogP contribution is 2.53. The summed E-state index contributed by atoms with van der Waals surface area (Å²) in [6.07, 6.45) is 1.65. The van der Waals surface area contributed by atoms with Gasteiger partial charge in [0.25, 0.3) is 0 Å². The molecule has 0 N–H and O–H groups in total. The Labute approximate surface area is 190 Å². The number of carbonyl (C=O) groups excluding carboxylic acids is 3. The lowest BCUT2D eigenvalue weighted by molar-refractivity contribution is -0.152. The molecule has 9 nitrogen and oxygen atoms in total. The second-order valence-electron chi connectivity index (χ2n) is 8.00. The van der Waals surface area contributed by atoms with Gasteiger partial charge in [-0.1, -0.05) is 24.3 Å². The van der Waals surface area contributed by atoms with Gasteiger partial charge < -0.3 is 14.2 Å². The van der Waals surface area contributed by atoms with Gasteiger partial charge in [-0.05, 0) is 30.2 Å². The monoisotopic (exact) mass is 449 g/mol. The molecule has 0 bridgehead atoms. The first-order valence-corrected chi connectivity index (χ1v) is 10.7. The fraction of sp³-hybridized carbons (Fsp3) is 0.333. The summed E-state index contributed by atoms with van der Waals surface area (Å²) in [5.41, 5.74) is 2.01. The normalized spacial score (nSPS) is 24.9. The van der Waals surface area contributed by atoms with Gasteiger partial charge in [0.15, 0.2) is 6.04 Å². The average molecular weight is 449 g/mol. The van der Waals surface area contributed by atoms with E-state index in [0.29, 0.717) is 17.2 Å². The molecule has 0 aromatic heterocycles. The minimum Gasteiger partial charge on any atom is -0.497 e. The molecule has 0 saturated carbocycles. The van der Waals surface area contributed by atoms with E-state index in [4.69, 9.17) is 14.2 Å². The van der Waals surface area contributed by atoms with E-state index < -0.39 is 41.7 Å². The number of imide groups is 1. The first-order valence-electron chi connectivity index (χ1n) is 10.7. The predicted octanol–water partition coefficient (Wildman–Crippen LogP) is 2.15. The van der Waals surface area contributed by atoms with E-state index in [-0.39, 0.29) is 6.61 Å². The van der Waals surface area contributed by atoms with Gasteiger partial charge in [0, 0.05) is 6.07 Å². The molecular formula is C24H23N3O6. The lowest BCUT2D eigenvalue weighted by Gasteiger charge is -2.33. The number of methoxy groups -OCH3 is 2. The van der Waals surface area contributed by atoms with Gasteiger partial charge in [0.2, 0.25) is 11.8 Å². The van der Waals surface area contributed by atoms with Crippen molar-refractivity contribution in [1.82, 2.24) is 5.01 Å². The molecule has 2 aromatic carbocycles. The Bertz CT molecular complexity index is 1180. The Morgan fingerprint density at radius 2 is 1.79 bits per heavy atom. The Morgan fingerprint density at radius 3 is 2.52 bits per heavy atom. The first kappa shape index (κ1) is 21.0. The molecule has 3 aliphatic rings. The molecule has 2 aromatic rings. The predicted molar refractivity (Wildman–Crippen MR) is 118 cm³/mol. The number of hydrogen-bond donors (Lipinski definition) is 0. The van der Waals surface area contributed by atoms with Gasteiger partial charge in [-0.3, -0.25) is 14.6 Å². The number of rotatable bonds is 5. The molecule has 170 valence electrons. The molecule has 4 atom stereocenters. The van der Waals surface area contributed by atoms with Crippen molar-refractivity contribution in [3.05, 3.63) is 53.6 Å². The summed E-state index contributed by atoms with van der Waals surface area (Å²) in [6, 6.07) is 10.9. The fourth-order valence-corrected chi connectivity index (χ4v) is 5.07. The van der Waals surface area contributed by atoms with Gasteiger partial charge >= 0.3 is 5.97 Å². The maximum absolute atomic E-state index is 13.8. The van der Waals surface area contributed by atoms with Crippen LogP contribution < -0.4 is 14.4 Å². The fourth-order valence-electron chi connectivity index (χ4n) is 5.07. The summed E-state index contributed by atoms with van der Waals surface area (Å²) in [6.45, 7) is 1.86. The van der Waals surface area contributed by atoms with Crippen molar-refractivity contribution in [3.8, 4) is 11.5 Å². The van der Waals surface area contributed by atoms with Crippen molar-refractivity contribution in [2.75, 3.05) is 25.7 Å². The second-order valence-corrected chi connectivity index (χ2v) is 8.00. The molecule has 0 unspecified atom stereocenters. The van der Waals surface area contributed by atoms with E-state index in [0.717, 1.165) is 16.0 Å². The minimum atomic E-state index is -1.00. The number of hydrogen-bond acceptors (Lipinski definition) is 8. The lowest BCUT2D eigenvalue weighted by Crippen LogP contribution is -2.45. The SMILES string of the molecule is CCOC(=O)[C@H]1[C@H]2C(=O)N(c3ccc(OC)cc3OC)C(=O)[C@@H]2[C@@H]2c3ccccc3C=NN12. The average Bonchev–Trinajstić information content (AvgIpc) is 3.31. The third-order valence-corrected chi connectivity index (χ3v) is 6.45. The molecule has 9 heteroatoms. The molecule has 2 fully saturated rings. The van der Waals surface area contributed by atoms with Gasteiger partial charge in [-0.2, -0.15) is 5.10 Å². The Hall–Kier alpha value is -3.88. The van der Waals surface area contributed by atoms with Gasteiger partial charge in [0.05, 0.1) is 50.6 Å². The number of carbonyl (C=O) groups is 3. The van der Waals surface area contributed by atoms with E-state index in [2.05, 4.69) is 5.10 Å². The van der Waals surface area contributed by atoms with Gasteiger partial charge in [-0.25, -0.2) is 9.69 Å². The molecule has 2 saturated heterocycles. The van der Waals surface area contributed by atoms with Crippen LogP contribution in [-0.2, 0) is 19.1 Å². The topological polar surface area (TPSA) is 97.7 Å². The molecule has 0 spiro atoms. The van der Waals surface area contributed by atoms with Crippen LogP contribution in [0.3, 0.4) is 0 Å². The van der Waals surface area contributed by atoms with E-state index in [1.54, 1.807) is 36.3 Å². The molecule has 2 amide bonds. The van der Waals surface area contributed by atoms with E-state index in [9.17, 15) is 14.4 Å². The van der Waals surface area contributed by atoms with Crippen LogP contribution in [0, 0.1) is 11.8 Å². The molecule has 0 aliphatic carbocycles. The van der Waals surface area contributed by atoms with E-state index in [1.165, 1.54) is 14.2 Å². The highest BCUT2D eigenvalue weighted by Gasteiger charge is 2.66.